The molecule has 0 aromatic carbocycles. The van der Waals surface area contributed by atoms with Crippen LogP contribution in [0, 0.1) is 6.92 Å². The minimum Gasteiger partial charge on any atom is -0.373 e. The summed E-state index contributed by atoms with van der Waals surface area (Å²) in [5.41, 5.74) is 0. The first-order valence-electron chi connectivity index (χ1n) is 5.03. The molecule has 3 heterocycles. The van der Waals surface area contributed by atoms with Gasteiger partial charge in [-0.15, -0.1) is 10.2 Å². The van der Waals surface area contributed by atoms with Gasteiger partial charge in [-0.2, -0.15) is 0 Å². The topological polar surface area (TPSA) is 47.0 Å². The molecule has 3 rings (SSSR count). The van der Waals surface area contributed by atoms with Crippen LogP contribution in [0.2, 0.25) is 0 Å². The summed E-state index contributed by atoms with van der Waals surface area (Å²) in [5.74, 6) is 0. The Hall–Kier alpha value is -0.680. The highest BCUT2D eigenvalue weighted by atomic mass is 32.1. The predicted octanol–water partition coefficient (Wildman–Crippen LogP) is 1.58. The summed E-state index contributed by atoms with van der Waals surface area (Å²) in [5, 5.41) is 13.4. The van der Waals surface area contributed by atoms with E-state index in [9.17, 15) is 0 Å². The Labute approximate surface area is 86.7 Å². The Balaban J connectivity index is 1.68. The molecule has 1 aromatic rings. The molecule has 2 fully saturated rings. The summed E-state index contributed by atoms with van der Waals surface area (Å²) < 4.78 is 5.76. The van der Waals surface area contributed by atoms with Gasteiger partial charge in [0.25, 0.3) is 0 Å². The van der Waals surface area contributed by atoms with Crippen LogP contribution in [0.1, 0.15) is 24.3 Å². The third-order valence-corrected chi connectivity index (χ3v) is 3.71. The van der Waals surface area contributed by atoms with Crippen molar-refractivity contribution in [1.82, 2.24) is 10.2 Å². The van der Waals surface area contributed by atoms with Gasteiger partial charge in [-0.25, -0.2) is 0 Å². The Bertz CT molecular complexity index is 341. The summed E-state index contributed by atoms with van der Waals surface area (Å²) in [7, 11) is 0. The molecule has 0 aliphatic carbocycles. The Morgan fingerprint density at radius 3 is 2.93 bits per heavy atom. The maximum atomic E-state index is 5.76. The molecule has 0 saturated carbocycles. The summed E-state index contributed by atoms with van der Waals surface area (Å²) in [6.45, 7) is 1.97. The molecule has 4 nitrogen and oxygen atoms in total. The summed E-state index contributed by atoms with van der Waals surface area (Å²) in [4.78, 5) is 0. The molecule has 1 N–H and O–H groups in total. The average Bonchev–Trinajstić information content (AvgIpc) is 2.82. The van der Waals surface area contributed by atoms with Crippen molar-refractivity contribution in [2.75, 3.05) is 5.32 Å². The molecule has 5 heteroatoms. The highest BCUT2D eigenvalue weighted by Crippen LogP contribution is 2.36. The van der Waals surface area contributed by atoms with E-state index in [0.29, 0.717) is 18.2 Å². The smallest absolute Gasteiger partial charge is 0.205 e. The summed E-state index contributed by atoms with van der Waals surface area (Å²) in [6.07, 6.45) is 4.46. The van der Waals surface area contributed by atoms with E-state index < -0.39 is 0 Å². The second-order valence-corrected chi connectivity index (χ2v) is 5.17. The molecule has 1 aromatic heterocycles. The number of nitrogens with one attached hydrogen (secondary N) is 1. The fraction of sp³-hybridized carbons (Fsp3) is 0.778. The van der Waals surface area contributed by atoms with Crippen LogP contribution >= 0.6 is 11.3 Å². The standard InChI is InChI=1S/C9H13N3OS/c1-5-11-12-9(14-5)10-7-4-6-2-3-8(7)13-6/h6-8H,2-4H2,1H3,(H,10,12). The summed E-state index contributed by atoms with van der Waals surface area (Å²) >= 11 is 1.61. The van der Waals surface area contributed by atoms with Gasteiger partial charge in [-0.05, 0) is 26.2 Å². The van der Waals surface area contributed by atoms with Gasteiger partial charge < -0.3 is 10.1 Å². The van der Waals surface area contributed by atoms with Crippen LogP contribution in [0.5, 0.6) is 0 Å². The number of anilines is 1. The molecule has 0 amide bonds. The lowest BCUT2D eigenvalue weighted by molar-refractivity contribution is 0.102. The molecule has 0 radical (unpaired) electrons. The van der Waals surface area contributed by atoms with Crippen LogP contribution in [0.4, 0.5) is 5.13 Å². The van der Waals surface area contributed by atoms with Crippen molar-refractivity contribution in [3.8, 4) is 0 Å². The van der Waals surface area contributed by atoms with Gasteiger partial charge in [0, 0.05) is 0 Å². The van der Waals surface area contributed by atoms with Crippen molar-refractivity contribution >= 4 is 16.5 Å². The largest absolute Gasteiger partial charge is 0.373 e. The third-order valence-electron chi connectivity index (χ3n) is 2.94. The van der Waals surface area contributed by atoms with Gasteiger partial charge >= 0.3 is 0 Å². The fourth-order valence-corrected chi connectivity index (χ4v) is 2.96. The van der Waals surface area contributed by atoms with E-state index >= 15 is 0 Å². The maximum absolute atomic E-state index is 5.76. The van der Waals surface area contributed by atoms with Crippen molar-refractivity contribution in [3.05, 3.63) is 5.01 Å². The zero-order valence-corrected chi connectivity index (χ0v) is 8.88. The number of hydrogen-bond acceptors (Lipinski definition) is 5. The van der Waals surface area contributed by atoms with Gasteiger partial charge in [0.1, 0.15) is 5.01 Å². The van der Waals surface area contributed by atoms with Gasteiger partial charge in [0.05, 0.1) is 18.2 Å². The number of aryl methyl sites for hydroxylation is 1. The van der Waals surface area contributed by atoms with Crippen LogP contribution < -0.4 is 5.32 Å². The van der Waals surface area contributed by atoms with E-state index in [1.165, 1.54) is 12.8 Å². The third kappa shape index (κ3) is 1.40. The first kappa shape index (κ1) is 8.61. The number of aromatic nitrogens is 2. The second kappa shape index (κ2) is 3.17. The van der Waals surface area contributed by atoms with Gasteiger partial charge in [0.15, 0.2) is 0 Å². The van der Waals surface area contributed by atoms with Crippen LogP contribution in [0.3, 0.4) is 0 Å². The lowest BCUT2D eigenvalue weighted by atomic mass is 9.96. The molecule has 3 unspecified atom stereocenters. The quantitative estimate of drug-likeness (QED) is 0.806. The minimum atomic E-state index is 0.407. The Morgan fingerprint density at radius 1 is 1.43 bits per heavy atom. The van der Waals surface area contributed by atoms with Gasteiger partial charge in [-0.3, -0.25) is 0 Å². The molecule has 76 valence electrons. The van der Waals surface area contributed by atoms with E-state index in [1.807, 2.05) is 6.92 Å². The van der Waals surface area contributed by atoms with Crippen LogP contribution in [-0.2, 0) is 4.74 Å². The molecule has 2 saturated heterocycles. The zero-order chi connectivity index (χ0) is 9.54. The van der Waals surface area contributed by atoms with Crippen molar-refractivity contribution in [1.29, 1.82) is 0 Å². The van der Waals surface area contributed by atoms with Crippen molar-refractivity contribution < 1.29 is 4.74 Å². The molecule has 2 aliphatic heterocycles. The van der Waals surface area contributed by atoms with Gasteiger partial charge in [-0.1, -0.05) is 11.3 Å². The average molecular weight is 211 g/mol. The van der Waals surface area contributed by atoms with E-state index in [2.05, 4.69) is 15.5 Å². The SMILES string of the molecule is Cc1nnc(NC2CC3CCC2O3)s1. The summed E-state index contributed by atoms with van der Waals surface area (Å²) in [6, 6.07) is 0.459. The normalized spacial score (nSPS) is 35.1. The molecule has 2 bridgehead atoms. The molecule has 2 aliphatic rings. The van der Waals surface area contributed by atoms with Gasteiger partial charge in [0.2, 0.25) is 5.13 Å². The van der Waals surface area contributed by atoms with Crippen molar-refractivity contribution in [2.45, 2.75) is 44.4 Å². The van der Waals surface area contributed by atoms with Crippen LogP contribution in [-0.4, -0.2) is 28.4 Å². The Morgan fingerprint density at radius 2 is 2.36 bits per heavy atom. The van der Waals surface area contributed by atoms with E-state index in [4.69, 9.17) is 4.74 Å². The number of fused-ring (bicyclic) bond motifs is 2. The Kier molecular flexibility index (Phi) is 1.95. The molecular weight excluding hydrogens is 198 g/mol. The molecule has 14 heavy (non-hydrogen) atoms. The number of hydrogen-bond donors (Lipinski definition) is 1. The fourth-order valence-electron chi connectivity index (χ4n) is 2.30. The second-order valence-electron chi connectivity index (χ2n) is 3.99. The van der Waals surface area contributed by atoms with Crippen molar-refractivity contribution in [3.63, 3.8) is 0 Å². The maximum Gasteiger partial charge on any atom is 0.205 e. The number of ether oxygens (including phenoxy) is 1. The lowest BCUT2D eigenvalue weighted by Gasteiger charge is -2.18. The van der Waals surface area contributed by atoms with Crippen LogP contribution in [0.25, 0.3) is 0 Å². The number of nitrogens with zero attached hydrogens (tertiary/aromatic N) is 2. The minimum absolute atomic E-state index is 0.407. The monoisotopic (exact) mass is 211 g/mol. The van der Waals surface area contributed by atoms with Crippen molar-refractivity contribution in [2.24, 2.45) is 0 Å². The number of rotatable bonds is 2. The van der Waals surface area contributed by atoms with E-state index in [0.717, 1.165) is 16.6 Å². The lowest BCUT2D eigenvalue weighted by Crippen LogP contribution is -2.30. The van der Waals surface area contributed by atoms with E-state index in [1.54, 1.807) is 11.3 Å². The zero-order valence-electron chi connectivity index (χ0n) is 8.06. The van der Waals surface area contributed by atoms with Crippen LogP contribution in [0.15, 0.2) is 0 Å². The highest BCUT2D eigenvalue weighted by Gasteiger charge is 2.40. The first-order valence-corrected chi connectivity index (χ1v) is 5.85. The predicted molar refractivity (Wildman–Crippen MR) is 54.6 cm³/mol. The first-order chi connectivity index (χ1) is 6.81. The van der Waals surface area contributed by atoms with E-state index in [-0.39, 0.29) is 0 Å². The molecular formula is C9H13N3OS. The highest BCUT2D eigenvalue weighted by molar-refractivity contribution is 7.15. The molecule has 0 spiro atoms. The molecule has 3 atom stereocenters.